The highest BCUT2D eigenvalue weighted by molar-refractivity contribution is 6.31. The van der Waals surface area contributed by atoms with E-state index in [2.05, 4.69) is 20.6 Å². The lowest BCUT2D eigenvalue weighted by molar-refractivity contribution is 0.0990. The molecule has 3 heterocycles. The Morgan fingerprint density at radius 2 is 2.19 bits per heavy atom. The molecule has 0 aliphatic rings. The fourth-order valence-electron chi connectivity index (χ4n) is 2.76. The molecule has 1 N–H and O–H groups in total. The van der Waals surface area contributed by atoms with Crippen LogP contribution in [0.2, 0.25) is 5.02 Å². The van der Waals surface area contributed by atoms with Gasteiger partial charge in [-0.05, 0) is 30.3 Å². The third kappa shape index (κ3) is 3.11. The summed E-state index contributed by atoms with van der Waals surface area (Å²) in [4.78, 5) is 16.9. The number of aromatic nitrogens is 4. The number of ether oxygens (including phenoxy) is 1. The number of methoxy groups -OCH3 is 1. The van der Waals surface area contributed by atoms with Gasteiger partial charge in [0.15, 0.2) is 0 Å². The highest BCUT2D eigenvalue weighted by Gasteiger charge is 2.22. The van der Waals surface area contributed by atoms with Crippen molar-refractivity contribution >= 4 is 34.2 Å². The van der Waals surface area contributed by atoms with Crippen molar-refractivity contribution < 1.29 is 14.1 Å². The fourth-order valence-corrected chi connectivity index (χ4v) is 2.93. The molecule has 0 atom stereocenters. The normalized spacial score (nSPS) is 10.9. The number of carbonyl (C=O) groups excluding carboxylic acids is 1. The highest BCUT2D eigenvalue weighted by Crippen LogP contribution is 2.36. The molecule has 3 aromatic heterocycles. The van der Waals surface area contributed by atoms with E-state index in [4.69, 9.17) is 20.9 Å². The molecule has 1 amide bonds. The molecule has 0 unspecified atom stereocenters. The Bertz CT molecular complexity index is 1150. The molecule has 0 aliphatic carbocycles. The Labute approximate surface area is 158 Å². The van der Waals surface area contributed by atoms with Crippen LogP contribution in [0, 0.1) is 0 Å². The summed E-state index contributed by atoms with van der Waals surface area (Å²) in [7, 11) is 3.31. The largest absolute Gasteiger partial charge is 0.496 e. The maximum atomic E-state index is 12.7. The number of nitrogens with one attached hydrogen (secondary N) is 1. The van der Waals surface area contributed by atoms with Crippen molar-refractivity contribution in [3.05, 3.63) is 53.5 Å². The standard InChI is InChI=1S/C18H14ClN5O3/c1-24-9-13(15(22-24)11-8-10(19)5-6-14(11)26-2)21-18(25)17-16-12(23-27-17)4-3-7-20-16/h3-9H,1-2H3,(H,21,25). The number of nitrogens with zero attached hydrogens (tertiary/aromatic N) is 4. The Kier molecular flexibility index (Phi) is 4.25. The smallest absolute Gasteiger partial charge is 0.296 e. The van der Waals surface area contributed by atoms with Gasteiger partial charge in [-0.3, -0.25) is 14.5 Å². The van der Waals surface area contributed by atoms with Crippen LogP contribution in [-0.2, 0) is 7.05 Å². The summed E-state index contributed by atoms with van der Waals surface area (Å²) in [6.45, 7) is 0. The van der Waals surface area contributed by atoms with E-state index in [1.54, 1.807) is 61.6 Å². The second-order valence-corrected chi connectivity index (χ2v) is 6.18. The van der Waals surface area contributed by atoms with Crippen LogP contribution in [0.4, 0.5) is 5.69 Å². The van der Waals surface area contributed by atoms with Crippen molar-refractivity contribution in [1.29, 1.82) is 0 Å². The molecule has 0 spiro atoms. The molecule has 27 heavy (non-hydrogen) atoms. The predicted octanol–water partition coefficient (Wildman–Crippen LogP) is 3.54. The molecule has 0 radical (unpaired) electrons. The minimum Gasteiger partial charge on any atom is -0.496 e. The van der Waals surface area contributed by atoms with Gasteiger partial charge in [-0.2, -0.15) is 5.10 Å². The topological polar surface area (TPSA) is 95.1 Å². The quantitative estimate of drug-likeness (QED) is 0.579. The first-order valence-electron chi connectivity index (χ1n) is 7.96. The van der Waals surface area contributed by atoms with Crippen molar-refractivity contribution in [3.8, 4) is 17.0 Å². The van der Waals surface area contributed by atoms with Crippen LogP contribution in [0.3, 0.4) is 0 Å². The van der Waals surface area contributed by atoms with Gasteiger partial charge >= 0.3 is 0 Å². The molecular formula is C18H14ClN5O3. The van der Waals surface area contributed by atoms with E-state index < -0.39 is 5.91 Å². The van der Waals surface area contributed by atoms with Gasteiger partial charge in [0, 0.05) is 30.0 Å². The number of fused-ring (bicyclic) bond motifs is 1. The van der Waals surface area contributed by atoms with Gasteiger partial charge in [-0.25, -0.2) is 0 Å². The average molecular weight is 384 g/mol. The predicted molar refractivity (Wildman–Crippen MR) is 100.0 cm³/mol. The Balaban J connectivity index is 1.74. The number of amides is 1. The number of anilines is 1. The van der Waals surface area contributed by atoms with Crippen molar-refractivity contribution in [2.75, 3.05) is 12.4 Å². The van der Waals surface area contributed by atoms with E-state index >= 15 is 0 Å². The fraction of sp³-hybridized carbons (Fsp3) is 0.111. The van der Waals surface area contributed by atoms with Crippen LogP contribution in [0.15, 0.2) is 47.2 Å². The summed E-state index contributed by atoms with van der Waals surface area (Å²) in [6.07, 6.45) is 3.25. The first-order chi connectivity index (χ1) is 13.1. The van der Waals surface area contributed by atoms with E-state index in [-0.39, 0.29) is 5.76 Å². The lowest BCUT2D eigenvalue weighted by Crippen LogP contribution is -2.12. The monoisotopic (exact) mass is 383 g/mol. The number of aryl methyl sites for hydroxylation is 1. The number of rotatable bonds is 4. The van der Waals surface area contributed by atoms with Crippen LogP contribution in [0.5, 0.6) is 5.75 Å². The molecule has 0 saturated heterocycles. The summed E-state index contributed by atoms with van der Waals surface area (Å²) in [6, 6.07) is 8.62. The van der Waals surface area contributed by atoms with Gasteiger partial charge < -0.3 is 14.6 Å². The number of halogens is 1. The van der Waals surface area contributed by atoms with Crippen LogP contribution in [0.25, 0.3) is 22.3 Å². The number of benzene rings is 1. The van der Waals surface area contributed by atoms with Crippen LogP contribution in [-0.4, -0.2) is 32.9 Å². The molecule has 0 fully saturated rings. The van der Waals surface area contributed by atoms with Gasteiger partial charge in [0.05, 0.1) is 12.8 Å². The zero-order valence-electron chi connectivity index (χ0n) is 14.4. The second kappa shape index (κ2) is 6.73. The van der Waals surface area contributed by atoms with Gasteiger partial charge in [-0.1, -0.05) is 16.8 Å². The molecule has 136 valence electrons. The van der Waals surface area contributed by atoms with E-state index in [0.717, 1.165) is 0 Å². The average Bonchev–Trinajstić information content (AvgIpc) is 3.25. The molecule has 0 saturated carbocycles. The van der Waals surface area contributed by atoms with Gasteiger partial charge in [0.2, 0.25) is 0 Å². The Morgan fingerprint density at radius 3 is 3.00 bits per heavy atom. The molecule has 1 aromatic carbocycles. The van der Waals surface area contributed by atoms with E-state index in [1.165, 1.54) is 0 Å². The number of hydrogen-bond acceptors (Lipinski definition) is 6. The highest BCUT2D eigenvalue weighted by atomic mass is 35.5. The number of carbonyl (C=O) groups is 1. The van der Waals surface area contributed by atoms with Crippen molar-refractivity contribution in [1.82, 2.24) is 19.9 Å². The summed E-state index contributed by atoms with van der Waals surface area (Å²) in [5.41, 5.74) is 2.54. The summed E-state index contributed by atoms with van der Waals surface area (Å²) >= 11 is 6.13. The van der Waals surface area contributed by atoms with Gasteiger partial charge in [0.25, 0.3) is 11.7 Å². The van der Waals surface area contributed by atoms with Crippen molar-refractivity contribution in [2.24, 2.45) is 7.05 Å². The van der Waals surface area contributed by atoms with Crippen LogP contribution in [0.1, 0.15) is 10.6 Å². The van der Waals surface area contributed by atoms with E-state index in [9.17, 15) is 4.79 Å². The van der Waals surface area contributed by atoms with Crippen LogP contribution >= 0.6 is 11.6 Å². The Morgan fingerprint density at radius 1 is 1.33 bits per heavy atom. The van der Waals surface area contributed by atoms with Crippen LogP contribution < -0.4 is 10.1 Å². The SMILES string of the molecule is COc1ccc(Cl)cc1-c1nn(C)cc1NC(=O)c1onc2cccnc12. The lowest BCUT2D eigenvalue weighted by Gasteiger charge is -2.09. The zero-order chi connectivity index (χ0) is 19.0. The lowest BCUT2D eigenvalue weighted by atomic mass is 10.1. The minimum atomic E-state index is -0.480. The van der Waals surface area contributed by atoms with E-state index in [0.29, 0.717) is 38.8 Å². The third-order valence-corrected chi connectivity index (χ3v) is 4.17. The number of pyridine rings is 1. The second-order valence-electron chi connectivity index (χ2n) is 5.75. The molecule has 4 aromatic rings. The molecule has 8 nitrogen and oxygen atoms in total. The maximum absolute atomic E-state index is 12.7. The molecule has 0 bridgehead atoms. The first kappa shape index (κ1) is 17.0. The molecule has 4 rings (SSSR count). The summed E-state index contributed by atoms with van der Waals surface area (Å²) in [5, 5.41) is 11.6. The van der Waals surface area contributed by atoms with Crippen molar-refractivity contribution in [2.45, 2.75) is 0 Å². The van der Waals surface area contributed by atoms with Gasteiger partial charge in [0.1, 0.15) is 22.5 Å². The van der Waals surface area contributed by atoms with E-state index in [1.807, 2.05) is 0 Å². The molecule has 0 aliphatic heterocycles. The summed E-state index contributed by atoms with van der Waals surface area (Å²) < 4.78 is 12.1. The Hall–Kier alpha value is -3.39. The summed E-state index contributed by atoms with van der Waals surface area (Å²) in [5.74, 6) is 0.130. The van der Waals surface area contributed by atoms with Crippen molar-refractivity contribution in [3.63, 3.8) is 0 Å². The third-order valence-electron chi connectivity index (χ3n) is 3.94. The zero-order valence-corrected chi connectivity index (χ0v) is 15.2. The molecular weight excluding hydrogens is 370 g/mol. The molecule has 9 heteroatoms. The van der Waals surface area contributed by atoms with Gasteiger partial charge in [-0.15, -0.1) is 0 Å². The number of hydrogen-bond donors (Lipinski definition) is 1. The maximum Gasteiger partial charge on any atom is 0.296 e. The minimum absolute atomic E-state index is 0.0264. The first-order valence-corrected chi connectivity index (χ1v) is 8.34.